The lowest BCUT2D eigenvalue weighted by molar-refractivity contribution is -0.0648. The minimum absolute atomic E-state index is 0.120. The molecule has 0 amide bonds. The van der Waals surface area contributed by atoms with Crippen molar-refractivity contribution in [2.24, 2.45) is 0 Å². The van der Waals surface area contributed by atoms with Crippen LogP contribution in [-0.2, 0) is 5.60 Å². The number of nitrogens with zero attached hydrogens (tertiary/aromatic N) is 1. The Morgan fingerprint density at radius 3 is 2.38 bits per heavy atom. The van der Waals surface area contributed by atoms with Gasteiger partial charge in [-0.15, -0.1) is 0 Å². The fourth-order valence-corrected chi connectivity index (χ4v) is 3.55. The van der Waals surface area contributed by atoms with E-state index >= 15 is 0 Å². The van der Waals surface area contributed by atoms with Gasteiger partial charge in [-0.1, -0.05) is 42.5 Å². The summed E-state index contributed by atoms with van der Waals surface area (Å²) in [5.74, 6) is 0.190. The number of β-amino-alcohol motifs (C(OH)–C–C–N with tert-alkyl or cyclic N) is 1. The van der Waals surface area contributed by atoms with Gasteiger partial charge in [0.2, 0.25) is 0 Å². The molecule has 0 spiro atoms. The summed E-state index contributed by atoms with van der Waals surface area (Å²) in [5.41, 5.74) is 0.831. The van der Waals surface area contributed by atoms with Gasteiger partial charge in [-0.05, 0) is 49.6 Å². The minimum atomic E-state index is -0.873. The van der Waals surface area contributed by atoms with Crippen molar-refractivity contribution < 1.29 is 15.3 Å². The van der Waals surface area contributed by atoms with Crippen LogP contribution in [0.1, 0.15) is 37.0 Å². The predicted octanol–water partition coefficient (Wildman–Crippen LogP) is 2.80. The lowest BCUT2D eigenvalue weighted by atomic mass is 9.84. The molecule has 0 aromatic heterocycles. The number of phenols is 1. The molecule has 128 valence electrons. The van der Waals surface area contributed by atoms with Gasteiger partial charge in [0.15, 0.2) is 0 Å². The molecule has 1 aliphatic rings. The highest BCUT2D eigenvalue weighted by Gasteiger charge is 2.37. The second-order valence-electron chi connectivity index (χ2n) is 6.75. The summed E-state index contributed by atoms with van der Waals surface area (Å²) in [4.78, 5) is 2.15. The highest BCUT2D eigenvalue weighted by Crippen LogP contribution is 2.34. The SMILES string of the molecule is C[C@H]([C@@H](O)c1ccc(O)cc1)N1CCCC(O)(c2ccccc2)C1. The lowest BCUT2D eigenvalue weighted by Crippen LogP contribution is -2.50. The van der Waals surface area contributed by atoms with Crippen molar-refractivity contribution in [3.05, 3.63) is 65.7 Å². The molecule has 3 atom stereocenters. The minimum Gasteiger partial charge on any atom is -0.508 e. The molecule has 4 heteroatoms. The Labute approximate surface area is 143 Å². The fraction of sp³-hybridized carbons (Fsp3) is 0.400. The summed E-state index contributed by atoms with van der Waals surface area (Å²) in [7, 11) is 0. The first-order valence-corrected chi connectivity index (χ1v) is 8.48. The number of hydrogen-bond donors (Lipinski definition) is 3. The first-order chi connectivity index (χ1) is 11.5. The van der Waals surface area contributed by atoms with E-state index in [0.29, 0.717) is 6.54 Å². The molecule has 2 aromatic carbocycles. The van der Waals surface area contributed by atoms with Crippen LogP contribution in [0.2, 0.25) is 0 Å². The standard InChI is InChI=1S/C20H25NO3/c1-15(19(23)16-8-10-18(22)11-9-16)21-13-5-12-20(24,14-21)17-6-3-2-4-7-17/h2-4,6-11,15,19,22-24H,5,12-14H2,1H3/t15-,19-,20?/m1/s1. The van der Waals surface area contributed by atoms with Gasteiger partial charge in [-0.2, -0.15) is 0 Å². The van der Waals surface area contributed by atoms with E-state index in [2.05, 4.69) is 4.90 Å². The van der Waals surface area contributed by atoms with Crippen LogP contribution in [0.4, 0.5) is 0 Å². The van der Waals surface area contributed by atoms with Gasteiger partial charge in [-0.3, -0.25) is 4.90 Å². The Bertz CT molecular complexity index is 658. The van der Waals surface area contributed by atoms with Crippen LogP contribution in [0.15, 0.2) is 54.6 Å². The number of phenolic OH excluding ortho intramolecular Hbond substituents is 1. The van der Waals surface area contributed by atoms with Crippen molar-refractivity contribution in [1.82, 2.24) is 4.90 Å². The molecular weight excluding hydrogens is 302 g/mol. The van der Waals surface area contributed by atoms with Crippen molar-refractivity contribution in [2.75, 3.05) is 13.1 Å². The van der Waals surface area contributed by atoms with Crippen molar-refractivity contribution >= 4 is 0 Å². The van der Waals surface area contributed by atoms with E-state index in [1.165, 1.54) is 0 Å². The summed E-state index contributed by atoms with van der Waals surface area (Å²) >= 11 is 0. The third kappa shape index (κ3) is 3.46. The molecule has 0 radical (unpaired) electrons. The molecule has 24 heavy (non-hydrogen) atoms. The number of benzene rings is 2. The largest absolute Gasteiger partial charge is 0.508 e. The number of aromatic hydroxyl groups is 1. The van der Waals surface area contributed by atoms with Crippen molar-refractivity contribution in [1.29, 1.82) is 0 Å². The first-order valence-electron chi connectivity index (χ1n) is 8.48. The van der Waals surface area contributed by atoms with Gasteiger partial charge in [0.05, 0.1) is 6.10 Å². The summed E-state index contributed by atoms with van der Waals surface area (Å²) in [6.07, 6.45) is 0.955. The second kappa shape index (κ2) is 6.93. The number of piperidine rings is 1. The van der Waals surface area contributed by atoms with Crippen LogP contribution in [-0.4, -0.2) is 39.4 Å². The summed E-state index contributed by atoms with van der Waals surface area (Å²) in [6, 6.07) is 16.3. The van der Waals surface area contributed by atoms with E-state index in [4.69, 9.17) is 0 Å². The Morgan fingerprint density at radius 2 is 1.71 bits per heavy atom. The molecule has 1 unspecified atom stereocenters. The van der Waals surface area contributed by atoms with Crippen LogP contribution >= 0.6 is 0 Å². The van der Waals surface area contributed by atoms with E-state index < -0.39 is 11.7 Å². The number of aliphatic hydroxyl groups is 2. The van der Waals surface area contributed by atoms with Crippen molar-refractivity contribution in [2.45, 2.75) is 37.5 Å². The summed E-state index contributed by atoms with van der Waals surface area (Å²) in [6.45, 7) is 3.34. The zero-order valence-corrected chi connectivity index (χ0v) is 14.0. The molecular formula is C20H25NO3. The van der Waals surface area contributed by atoms with Gasteiger partial charge in [0, 0.05) is 12.6 Å². The highest BCUT2D eigenvalue weighted by molar-refractivity contribution is 5.28. The zero-order chi connectivity index (χ0) is 17.2. The quantitative estimate of drug-likeness (QED) is 0.808. The third-order valence-corrected chi connectivity index (χ3v) is 5.08. The Morgan fingerprint density at radius 1 is 1.04 bits per heavy atom. The average Bonchev–Trinajstić information content (AvgIpc) is 2.62. The molecule has 2 aromatic rings. The van der Waals surface area contributed by atoms with E-state index in [1.54, 1.807) is 24.3 Å². The topological polar surface area (TPSA) is 63.9 Å². The third-order valence-electron chi connectivity index (χ3n) is 5.08. The first kappa shape index (κ1) is 17.0. The maximum Gasteiger partial charge on any atom is 0.115 e. The second-order valence-corrected chi connectivity index (χ2v) is 6.75. The Kier molecular flexibility index (Phi) is 4.90. The normalized spacial score (nSPS) is 24.5. The molecule has 1 fully saturated rings. The van der Waals surface area contributed by atoms with E-state index in [-0.39, 0.29) is 11.8 Å². The van der Waals surface area contributed by atoms with Gasteiger partial charge < -0.3 is 15.3 Å². The maximum atomic E-state index is 11.1. The average molecular weight is 327 g/mol. The van der Waals surface area contributed by atoms with Crippen LogP contribution in [0.5, 0.6) is 5.75 Å². The highest BCUT2D eigenvalue weighted by atomic mass is 16.3. The van der Waals surface area contributed by atoms with Crippen LogP contribution < -0.4 is 0 Å². The monoisotopic (exact) mass is 327 g/mol. The van der Waals surface area contributed by atoms with E-state index in [9.17, 15) is 15.3 Å². The molecule has 0 bridgehead atoms. The molecule has 4 nitrogen and oxygen atoms in total. The molecule has 0 aliphatic carbocycles. The molecule has 1 saturated heterocycles. The van der Waals surface area contributed by atoms with Gasteiger partial charge in [0.1, 0.15) is 11.4 Å². The zero-order valence-electron chi connectivity index (χ0n) is 14.0. The Balaban J connectivity index is 1.75. The van der Waals surface area contributed by atoms with Crippen LogP contribution in [0, 0.1) is 0 Å². The number of aliphatic hydroxyl groups excluding tert-OH is 1. The molecule has 1 aliphatic heterocycles. The van der Waals surface area contributed by atoms with Crippen LogP contribution in [0.25, 0.3) is 0 Å². The van der Waals surface area contributed by atoms with Gasteiger partial charge in [-0.25, -0.2) is 0 Å². The van der Waals surface area contributed by atoms with Gasteiger partial charge >= 0.3 is 0 Å². The predicted molar refractivity (Wildman–Crippen MR) is 93.7 cm³/mol. The van der Waals surface area contributed by atoms with E-state index in [1.807, 2.05) is 37.3 Å². The number of hydrogen-bond acceptors (Lipinski definition) is 4. The fourth-order valence-electron chi connectivity index (χ4n) is 3.55. The summed E-state index contributed by atoms with van der Waals surface area (Å²) in [5, 5.41) is 31.2. The van der Waals surface area contributed by atoms with Crippen molar-refractivity contribution in [3.63, 3.8) is 0 Å². The van der Waals surface area contributed by atoms with Crippen molar-refractivity contribution in [3.8, 4) is 5.75 Å². The molecule has 3 rings (SSSR count). The molecule has 3 N–H and O–H groups in total. The lowest BCUT2D eigenvalue weighted by Gasteiger charge is -2.43. The molecule has 1 heterocycles. The van der Waals surface area contributed by atoms with E-state index in [0.717, 1.165) is 30.5 Å². The smallest absolute Gasteiger partial charge is 0.115 e. The molecule has 0 saturated carbocycles. The van der Waals surface area contributed by atoms with Gasteiger partial charge in [0.25, 0.3) is 0 Å². The maximum absolute atomic E-state index is 11.1. The number of likely N-dealkylation sites (tertiary alicyclic amines) is 1. The Hall–Kier alpha value is -1.88. The summed E-state index contributed by atoms with van der Waals surface area (Å²) < 4.78 is 0. The van der Waals surface area contributed by atoms with Crippen LogP contribution in [0.3, 0.4) is 0 Å². The number of rotatable bonds is 4.